The van der Waals surface area contributed by atoms with Crippen molar-refractivity contribution in [2.45, 2.75) is 13.3 Å². The normalized spacial score (nSPS) is 10.5. The van der Waals surface area contributed by atoms with Gasteiger partial charge < -0.3 is 5.11 Å². The van der Waals surface area contributed by atoms with Gasteiger partial charge in [0.2, 0.25) is 0 Å². The van der Waals surface area contributed by atoms with E-state index in [4.69, 9.17) is 0 Å². The van der Waals surface area contributed by atoms with E-state index in [0.29, 0.717) is 5.75 Å². The lowest BCUT2D eigenvalue weighted by atomic mass is 9.94. The Morgan fingerprint density at radius 1 is 0.810 bits per heavy atom. The highest BCUT2D eigenvalue weighted by Crippen LogP contribution is 2.31. The summed E-state index contributed by atoms with van der Waals surface area (Å²) in [6, 6.07) is 24.5. The van der Waals surface area contributed by atoms with E-state index >= 15 is 0 Å². The van der Waals surface area contributed by atoms with Crippen molar-refractivity contribution in [3.8, 4) is 16.9 Å². The Kier molecular flexibility index (Phi) is 3.74. The fraction of sp³-hybridized carbons (Fsp3) is 0.100. The highest BCUT2D eigenvalue weighted by Gasteiger charge is 2.09. The summed E-state index contributed by atoms with van der Waals surface area (Å²) in [5.41, 5.74) is 5.63. The second-order valence-electron chi connectivity index (χ2n) is 5.32. The summed E-state index contributed by atoms with van der Waals surface area (Å²) >= 11 is 0. The first-order chi connectivity index (χ1) is 10.2. The van der Waals surface area contributed by atoms with Crippen molar-refractivity contribution in [1.29, 1.82) is 0 Å². The first-order valence-corrected chi connectivity index (χ1v) is 7.16. The Balaban J connectivity index is 2.02. The predicted molar refractivity (Wildman–Crippen MR) is 87.5 cm³/mol. The second kappa shape index (κ2) is 5.84. The SMILES string of the molecule is Cc1cc(O)c(Cc2ccccc2)cc1-c1ccccc1. The number of phenols is 1. The third-order valence-electron chi connectivity index (χ3n) is 3.75. The Labute approximate surface area is 125 Å². The summed E-state index contributed by atoms with van der Waals surface area (Å²) in [6.45, 7) is 2.04. The molecule has 3 aromatic carbocycles. The van der Waals surface area contributed by atoms with Crippen molar-refractivity contribution in [3.05, 3.63) is 89.5 Å². The average molecular weight is 274 g/mol. The lowest BCUT2D eigenvalue weighted by Gasteiger charge is -2.12. The number of rotatable bonds is 3. The molecule has 0 radical (unpaired) electrons. The minimum absolute atomic E-state index is 0.371. The molecular formula is C20H18O. The van der Waals surface area contributed by atoms with Crippen LogP contribution in [0.4, 0.5) is 0 Å². The molecule has 0 saturated heterocycles. The van der Waals surface area contributed by atoms with Crippen LogP contribution in [0.5, 0.6) is 5.75 Å². The van der Waals surface area contributed by atoms with Gasteiger partial charge in [-0.05, 0) is 46.9 Å². The quantitative estimate of drug-likeness (QED) is 0.715. The highest BCUT2D eigenvalue weighted by atomic mass is 16.3. The number of hydrogen-bond acceptors (Lipinski definition) is 1. The molecule has 0 aliphatic heterocycles. The maximum atomic E-state index is 10.2. The van der Waals surface area contributed by atoms with E-state index in [2.05, 4.69) is 30.3 Å². The minimum atomic E-state index is 0.371. The fourth-order valence-corrected chi connectivity index (χ4v) is 2.62. The van der Waals surface area contributed by atoms with Crippen LogP contribution in [0.25, 0.3) is 11.1 Å². The first-order valence-electron chi connectivity index (χ1n) is 7.16. The molecule has 0 bridgehead atoms. The highest BCUT2D eigenvalue weighted by molar-refractivity contribution is 5.69. The van der Waals surface area contributed by atoms with E-state index in [9.17, 15) is 5.11 Å². The lowest BCUT2D eigenvalue weighted by Crippen LogP contribution is -1.92. The molecule has 3 aromatic rings. The Morgan fingerprint density at radius 3 is 2.10 bits per heavy atom. The van der Waals surface area contributed by atoms with Gasteiger partial charge in [0, 0.05) is 6.42 Å². The average Bonchev–Trinajstić information content (AvgIpc) is 2.52. The largest absolute Gasteiger partial charge is 0.508 e. The lowest BCUT2D eigenvalue weighted by molar-refractivity contribution is 0.469. The number of benzene rings is 3. The van der Waals surface area contributed by atoms with Crippen molar-refractivity contribution in [1.82, 2.24) is 0 Å². The van der Waals surface area contributed by atoms with Crippen LogP contribution in [0.1, 0.15) is 16.7 Å². The van der Waals surface area contributed by atoms with Crippen LogP contribution in [-0.2, 0) is 6.42 Å². The molecule has 0 saturated carbocycles. The molecule has 1 nitrogen and oxygen atoms in total. The maximum Gasteiger partial charge on any atom is 0.119 e. The van der Waals surface area contributed by atoms with E-state index in [-0.39, 0.29) is 0 Å². The van der Waals surface area contributed by atoms with Gasteiger partial charge >= 0.3 is 0 Å². The number of hydrogen-bond donors (Lipinski definition) is 1. The molecule has 0 spiro atoms. The molecular weight excluding hydrogens is 256 g/mol. The molecule has 1 N–H and O–H groups in total. The second-order valence-corrected chi connectivity index (χ2v) is 5.32. The Morgan fingerprint density at radius 2 is 1.43 bits per heavy atom. The van der Waals surface area contributed by atoms with Gasteiger partial charge in [0.15, 0.2) is 0 Å². The van der Waals surface area contributed by atoms with Crippen molar-refractivity contribution >= 4 is 0 Å². The van der Waals surface area contributed by atoms with Gasteiger partial charge in [0.25, 0.3) is 0 Å². The molecule has 0 aromatic heterocycles. The van der Waals surface area contributed by atoms with E-state index < -0.39 is 0 Å². The molecule has 0 fully saturated rings. The summed E-state index contributed by atoms with van der Waals surface area (Å²) in [5, 5.41) is 10.2. The Hall–Kier alpha value is -2.54. The van der Waals surface area contributed by atoms with Gasteiger partial charge in [-0.1, -0.05) is 60.7 Å². The van der Waals surface area contributed by atoms with Gasteiger partial charge in [-0.15, -0.1) is 0 Å². The molecule has 104 valence electrons. The van der Waals surface area contributed by atoms with Gasteiger partial charge in [0.1, 0.15) is 5.75 Å². The minimum Gasteiger partial charge on any atom is -0.508 e. The van der Waals surface area contributed by atoms with E-state index in [1.54, 1.807) is 0 Å². The molecule has 0 amide bonds. The number of aromatic hydroxyl groups is 1. The van der Waals surface area contributed by atoms with Gasteiger partial charge in [-0.2, -0.15) is 0 Å². The van der Waals surface area contributed by atoms with Crippen LogP contribution in [-0.4, -0.2) is 5.11 Å². The van der Waals surface area contributed by atoms with Crippen molar-refractivity contribution in [2.24, 2.45) is 0 Å². The molecule has 1 heteroatoms. The van der Waals surface area contributed by atoms with Crippen LogP contribution in [0.15, 0.2) is 72.8 Å². The van der Waals surface area contributed by atoms with Crippen molar-refractivity contribution < 1.29 is 5.11 Å². The molecule has 0 atom stereocenters. The van der Waals surface area contributed by atoms with E-state index in [0.717, 1.165) is 17.5 Å². The van der Waals surface area contributed by atoms with Crippen LogP contribution >= 0.6 is 0 Å². The zero-order chi connectivity index (χ0) is 14.7. The summed E-state index contributed by atoms with van der Waals surface area (Å²) in [4.78, 5) is 0. The molecule has 0 heterocycles. The van der Waals surface area contributed by atoms with Crippen LogP contribution in [0, 0.1) is 6.92 Å². The fourth-order valence-electron chi connectivity index (χ4n) is 2.62. The summed E-state index contributed by atoms with van der Waals surface area (Å²) in [7, 11) is 0. The summed E-state index contributed by atoms with van der Waals surface area (Å²) < 4.78 is 0. The van der Waals surface area contributed by atoms with Gasteiger partial charge in [-0.3, -0.25) is 0 Å². The van der Waals surface area contributed by atoms with Crippen LogP contribution in [0.3, 0.4) is 0 Å². The standard InChI is InChI=1S/C20H18O/c1-15-12-20(21)18(13-16-8-4-2-5-9-16)14-19(15)17-10-6-3-7-11-17/h2-12,14,21H,13H2,1H3. The maximum absolute atomic E-state index is 10.2. The van der Waals surface area contributed by atoms with Gasteiger partial charge in [-0.25, -0.2) is 0 Å². The smallest absolute Gasteiger partial charge is 0.119 e. The third kappa shape index (κ3) is 2.97. The Bertz CT molecular complexity index is 731. The van der Waals surface area contributed by atoms with Crippen LogP contribution in [0.2, 0.25) is 0 Å². The summed E-state index contributed by atoms with van der Waals surface area (Å²) in [5.74, 6) is 0.371. The molecule has 21 heavy (non-hydrogen) atoms. The van der Waals surface area contributed by atoms with Crippen molar-refractivity contribution in [3.63, 3.8) is 0 Å². The molecule has 0 aliphatic carbocycles. The number of phenolic OH excluding ortho intramolecular Hbond substituents is 1. The van der Waals surface area contributed by atoms with E-state index in [1.807, 2.05) is 49.4 Å². The predicted octanol–water partition coefficient (Wildman–Crippen LogP) is 4.96. The topological polar surface area (TPSA) is 20.2 Å². The molecule has 0 aliphatic rings. The molecule has 3 rings (SSSR count). The number of aryl methyl sites for hydroxylation is 1. The first kappa shape index (κ1) is 13.4. The van der Waals surface area contributed by atoms with E-state index in [1.165, 1.54) is 16.7 Å². The van der Waals surface area contributed by atoms with Gasteiger partial charge in [0.05, 0.1) is 0 Å². The van der Waals surface area contributed by atoms with Crippen LogP contribution < -0.4 is 0 Å². The third-order valence-corrected chi connectivity index (χ3v) is 3.75. The van der Waals surface area contributed by atoms with Crippen molar-refractivity contribution in [2.75, 3.05) is 0 Å². The summed E-state index contributed by atoms with van der Waals surface area (Å²) in [6.07, 6.45) is 0.743. The zero-order valence-corrected chi connectivity index (χ0v) is 12.1. The monoisotopic (exact) mass is 274 g/mol. The zero-order valence-electron chi connectivity index (χ0n) is 12.1. The molecule has 0 unspecified atom stereocenters.